The smallest absolute Gasteiger partial charge is 0.174 e. The van der Waals surface area contributed by atoms with Gasteiger partial charge in [0.2, 0.25) is 0 Å². The molecule has 2 aromatic carbocycles. The summed E-state index contributed by atoms with van der Waals surface area (Å²) in [6.07, 6.45) is 1.82. The normalized spacial score (nSPS) is 17.2. The zero-order valence-electron chi connectivity index (χ0n) is 21.1. The molecule has 6 nitrogen and oxygen atoms in total. The molecule has 0 spiro atoms. The van der Waals surface area contributed by atoms with Crippen LogP contribution in [-0.4, -0.2) is 28.9 Å². The van der Waals surface area contributed by atoms with Gasteiger partial charge in [-0.1, -0.05) is 24.3 Å². The van der Waals surface area contributed by atoms with Crippen molar-refractivity contribution >= 4 is 23.0 Å². The number of thiocarbonyl (C=S) groups is 1. The maximum absolute atomic E-state index is 5.94. The summed E-state index contributed by atoms with van der Waals surface area (Å²) < 4.78 is 13.6. The van der Waals surface area contributed by atoms with E-state index in [0.717, 1.165) is 28.5 Å². The molecule has 2 aromatic heterocycles. The lowest BCUT2D eigenvalue weighted by molar-refractivity contribution is 0.394. The Morgan fingerprint density at radius 3 is 2.36 bits per heavy atom. The lowest BCUT2D eigenvalue weighted by atomic mass is 9.96. The second kappa shape index (κ2) is 9.66. The van der Waals surface area contributed by atoms with Crippen LogP contribution in [0.15, 0.2) is 72.9 Å². The molecule has 0 unspecified atom stereocenters. The van der Waals surface area contributed by atoms with Gasteiger partial charge in [-0.2, -0.15) is 0 Å². The van der Waals surface area contributed by atoms with Gasteiger partial charge in [0.1, 0.15) is 11.5 Å². The van der Waals surface area contributed by atoms with Gasteiger partial charge in [-0.15, -0.1) is 0 Å². The van der Waals surface area contributed by atoms with Crippen molar-refractivity contribution in [2.24, 2.45) is 0 Å². The molecule has 0 radical (unpaired) electrons. The fourth-order valence-electron chi connectivity index (χ4n) is 5.19. The third-order valence-corrected chi connectivity index (χ3v) is 7.20. The molecule has 1 aliphatic rings. The van der Waals surface area contributed by atoms with Gasteiger partial charge in [-0.3, -0.25) is 4.98 Å². The van der Waals surface area contributed by atoms with Gasteiger partial charge < -0.3 is 24.3 Å². The van der Waals surface area contributed by atoms with Gasteiger partial charge in [-0.25, -0.2) is 0 Å². The second-order valence-corrected chi connectivity index (χ2v) is 9.37. The Kier molecular flexibility index (Phi) is 6.41. The van der Waals surface area contributed by atoms with E-state index in [0.29, 0.717) is 10.9 Å². The predicted octanol–water partition coefficient (Wildman–Crippen LogP) is 5.99. The Labute approximate surface area is 217 Å². The number of anilines is 1. The highest BCUT2D eigenvalue weighted by Gasteiger charge is 2.43. The van der Waals surface area contributed by atoms with Gasteiger partial charge in [0.25, 0.3) is 0 Å². The number of hydrogen-bond donors (Lipinski definition) is 1. The molecule has 1 fully saturated rings. The third-order valence-electron chi connectivity index (χ3n) is 6.89. The molecule has 0 bridgehead atoms. The highest BCUT2D eigenvalue weighted by molar-refractivity contribution is 7.80. The van der Waals surface area contributed by atoms with Crippen LogP contribution >= 0.6 is 12.2 Å². The van der Waals surface area contributed by atoms with E-state index in [-0.39, 0.29) is 12.1 Å². The summed E-state index contributed by atoms with van der Waals surface area (Å²) in [4.78, 5) is 6.84. The predicted molar refractivity (Wildman–Crippen MR) is 147 cm³/mol. The molecule has 36 heavy (non-hydrogen) atoms. The van der Waals surface area contributed by atoms with Crippen LogP contribution in [0.2, 0.25) is 0 Å². The molecule has 1 aliphatic heterocycles. The fraction of sp³-hybridized carbons (Fsp3) is 0.241. The minimum Gasteiger partial charge on any atom is -0.497 e. The summed E-state index contributed by atoms with van der Waals surface area (Å²) >= 11 is 5.94. The first-order valence-electron chi connectivity index (χ1n) is 11.9. The zero-order valence-corrected chi connectivity index (χ0v) is 22.0. The minimum absolute atomic E-state index is 0.140. The maximum atomic E-state index is 5.94. The highest BCUT2D eigenvalue weighted by atomic mass is 32.1. The minimum atomic E-state index is -0.142. The van der Waals surface area contributed by atoms with Gasteiger partial charge in [-0.05, 0) is 80.5 Å². The van der Waals surface area contributed by atoms with Crippen LogP contribution < -0.4 is 19.7 Å². The number of pyridine rings is 1. The van der Waals surface area contributed by atoms with Crippen LogP contribution in [0.25, 0.3) is 5.69 Å². The van der Waals surface area contributed by atoms with Crippen molar-refractivity contribution in [2.45, 2.75) is 32.9 Å². The van der Waals surface area contributed by atoms with Crippen molar-refractivity contribution in [3.63, 3.8) is 0 Å². The zero-order chi connectivity index (χ0) is 25.4. The first-order valence-corrected chi connectivity index (χ1v) is 12.3. The fourth-order valence-corrected chi connectivity index (χ4v) is 5.53. The molecule has 5 rings (SSSR count). The largest absolute Gasteiger partial charge is 0.497 e. The molecule has 1 N–H and O–H groups in total. The van der Waals surface area contributed by atoms with E-state index < -0.39 is 0 Å². The summed E-state index contributed by atoms with van der Waals surface area (Å²) in [7, 11) is 3.32. The Morgan fingerprint density at radius 1 is 0.889 bits per heavy atom. The van der Waals surface area contributed by atoms with Crippen molar-refractivity contribution in [3.8, 4) is 17.2 Å². The average Bonchev–Trinajstić information content (AvgIpc) is 3.39. The van der Waals surface area contributed by atoms with Crippen LogP contribution in [-0.2, 0) is 0 Å². The van der Waals surface area contributed by atoms with E-state index in [1.165, 1.54) is 16.8 Å². The summed E-state index contributed by atoms with van der Waals surface area (Å²) in [6.45, 7) is 6.47. The summed E-state index contributed by atoms with van der Waals surface area (Å²) in [5, 5.41) is 4.18. The number of ether oxygens (including phenoxy) is 2. The molecular formula is C29H30N4O2S. The van der Waals surface area contributed by atoms with Crippen molar-refractivity contribution in [3.05, 3.63) is 101 Å². The summed E-state index contributed by atoms with van der Waals surface area (Å²) in [5.74, 6) is 1.42. The number of methoxy groups -OCH3 is 2. The number of aromatic nitrogens is 2. The molecule has 1 saturated heterocycles. The summed E-state index contributed by atoms with van der Waals surface area (Å²) in [6, 6.07) is 22.3. The molecule has 0 aliphatic carbocycles. The first-order chi connectivity index (χ1) is 17.4. The molecule has 4 aromatic rings. The molecule has 3 heterocycles. The SMILES string of the molecule is COc1ccc(N2C(=S)N[C@H](c3ccccn3)[C@@H]2c2cc(C)n(-c3ccccc3C)c2C)c(OC)c1. The van der Waals surface area contributed by atoms with Crippen LogP contribution in [0.3, 0.4) is 0 Å². The number of nitrogens with one attached hydrogen (secondary N) is 1. The second-order valence-electron chi connectivity index (χ2n) is 8.98. The number of para-hydroxylation sites is 1. The number of rotatable bonds is 6. The van der Waals surface area contributed by atoms with E-state index in [1.54, 1.807) is 14.2 Å². The molecule has 7 heteroatoms. The standard InChI is InChI=1S/C29H30N4O2S/c1-18-10-6-7-12-24(18)32-19(2)16-22(20(32)3)28-27(23-11-8-9-15-30-23)31-29(36)33(28)25-14-13-21(34-4)17-26(25)35-5/h6-17,27-28H,1-5H3,(H,31,36)/t27-,28+/m1/s1. The van der Waals surface area contributed by atoms with Crippen LogP contribution in [0.1, 0.15) is 40.3 Å². The lowest BCUT2D eigenvalue weighted by Crippen LogP contribution is -2.30. The molecule has 0 saturated carbocycles. The van der Waals surface area contributed by atoms with E-state index in [9.17, 15) is 0 Å². The number of hydrogen-bond acceptors (Lipinski definition) is 4. The van der Waals surface area contributed by atoms with Crippen molar-refractivity contribution in [2.75, 3.05) is 19.1 Å². The Bertz CT molecular complexity index is 1420. The Hall–Kier alpha value is -3.84. The molecule has 184 valence electrons. The number of aryl methyl sites for hydroxylation is 2. The summed E-state index contributed by atoms with van der Waals surface area (Å²) in [5.41, 5.74) is 7.71. The van der Waals surface area contributed by atoms with Crippen molar-refractivity contribution < 1.29 is 9.47 Å². The number of benzene rings is 2. The molecular weight excluding hydrogens is 468 g/mol. The topological polar surface area (TPSA) is 51.5 Å². The highest BCUT2D eigenvalue weighted by Crippen LogP contribution is 2.46. The third kappa shape index (κ3) is 3.99. The van der Waals surface area contributed by atoms with E-state index in [2.05, 4.69) is 65.9 Å². The quantitative estimate of drug-likeness (QED) is 0.330. The monoisotopic (exact) mass is 498 g/mol. The van der Waals surface area contributed by atoms with Crippen LogP contribution in [0, 0.1) is 20.8 Å². The Morgan fingerprint density at radius 2 is 1.67 bits per heavy atom. The van der Waals surface area contributed by atoms with E-state index >= 15 is 0 Å². The van der Waals surface area contributed by atoms with E-state index in [1.807, 2.05) is 42.6 Å². The molecule has 0 amide bonds. The van der Waals surface area contributed by atoms with Gasteiger partial charge in [0.05, 0.1) is 37.7 Å². The number of nitrogens with zero attached hydrogens (tertiary/aromatic N) is 3. The average molecular weight is 499 g/mol. The van der Waals surface area contributed by atoms with Gasteiger partial charge in [0.15, 0.2) is 5.11 Å². The van der Waals surface area contributed by atoms with Crippen LogP contribution in [0.5, 0.6) is 11.5 Å². The maximum Gasteiger partial charge on any atom is 0.174 e. The van der Waals surface area contributed by atoms with Gasteiger partial charge >= 0.3 is 0 Å². The Balaban J connectivity index is 1.71. The van der Waals surface area contributed by atoms with Crippen molar-refractivity contribution in [1.82, 2.24) is 14.9 Å². The first kappa shape index (κ1) is 23.9. The molecule has 2 atom stereocenters. The lowest BCUT2D eigenvalue weighted by Gasteiger charge is -2.29. The van der Waals surface area contributed by atoms with E-state index in [4.69, 9.17) is 26.7 Å². The van der Waals surface area contributed by atoms with Crippen molar-refractivity contribution in [1.29, 1.82) is 0 Å². The van der Waals surface area contributed by atoms with Crippen LogP contribution in [0.4, 0.5) is 5.69 Å². The van der Waals surface area contributed by atoms with Gasteiger partial charge in [0, 0.05) is 29.3 Å².